The fourth-order valence-electron chi connectivity index (χ4n) is 3.13. The van der Waals surface area contributed by atoms with Crippen LogP contribution in [0, 0.1) is 0 Å². The van der Waals surface area contributed by atoms with Crippen LogP contribution in [0.25, 0.3) is 0 Å². The zero-order chi connectivity index (χ0) is 23.0. The van der Waals surface area contributed by atoms with Crippen LogP contribution in [-0.4, -0.2) is 39.4 Å². The lowest BCUT2D eigenvalue weighted by Gasteiger charge is -2.21. The highest BCUT2D eigenvalue weighted by atomic mass is 32.2. The number of carbonyl (C=O) groups is 1. The summed E-state index contributed by atoms with van der Waals surface area (Å²) < 4.78 is 32.9. The van der Waals surface area contributed by atoms with Gasteiger partial charge in [0.25, 0.3) is 5.91 Å². The summed E-state index contributed by atoms with van der Waals surface area (Å²) in [5.74, 6) is 0.548. The highest BCUT2D eigenvalue weighted by Crippen LogP contribution is 2.17. The van der Waals surface area contributed by atoms with Crippen LogP contribution < -0.4 is 9.46 Å². The first-order valence-electron chi connectivity index (χ1n) is 10.1. The predicted molar refractivity (Wildman–Crippen MR) is 128 cm³/mol. The summed E-state index contributed by atoms with van der Waals surface area (Å²) >= 11 is 1.59. The average Bonchev–Trinajstić information content (AvgIpc) is 3.32. The van der Waals surface area contributed by atoms with Gasteiger partial charge in [0.2, 0.25) is 10.0 Å². The molecule has 0 radical (unpaired) electrons. The zero-order valence-electron chi connectivity index (χ0n) is 17.9. The lowest BCUT2D eigenvalue weighted by Crippen LogP contribution is -2.31. The zero-order valence-corrected chi connectivity index (χ0v) is 19.5. The maximum absolute atomic E-state index is 13.0. The van der Waals surface area contributed by atoms with Crippen molar-refractivity contribution in [3.05, 3.63) is 94.7 Å². The number of nitrogens with zero attached hydrogens (tertiary/aromatic N) is 1. The van der Waals surface area contributed by atoms with E-state index in [9.17, 15) is 13.2 Å². The molecule has 32 heavy (non-hydrogen) atoms. The molecule has 6 nitrogen and oxygen atoms in total. The minimum absolute atomic E-state index is 0.130. The number of nitrogens with one attached hydrogen (secondary N) is 1. The van der Waals surface area contributed by atoms with Gasteiger partial charge in [-0.05, 0) is 59.8 Å². The van der Waals surface area contributed by atoms with Gasteiger partial charge in [-0.15, -0.1) is 17.9 Å². The Labute approximate surface area is 193 Å². The Morgan fingerprint density at radius 1 is 1.12 bits per heavy atom. The average molecular weight is 471 g/mol. The Hall–Kier alpha value is -2.94. The lowest BCUT2D eigenvalue weighted by molar-refractivity contribution is 0.0762. The lowest BCUT2D eigenvalue weighted by atomic mass is 10.1. The molecule has 0 unspecified atom stereocenters. The van der Waals surface area contributed by atoms with Crippen molar-refractivity contribution in [1.82, 2.24) is 9.62 Å². The van der Waals surface area contributed by atoms with Crippen LogP contribution in [0.2, 0.25) is 0 Å². The second-order valence-electron chi connectivity index (χ2n) is 7.07. The third-order valence-corrected chi connectivity index (χ3v) is 7.24. The number of carbonyl (C=O) groups excluding carboxylic acids is 1. The van der Waals surface area contributed by atoms with Crippen LogP contribution in [0.4, 0.5) is 0 Å². The first-order chi connectivity index (χ1) is 15.4. The van der Waals surface area contributed by atoms with E-state index in [1.807, 2.05) is 41.8 Å². The molecule has 0 spiro atoms. The van der Waals surface area contributed by atoms with E-state index in [4.69, 9.17) is 4.74 Å². The van der Waals surface area contributed by atoms with Crippen molar-refractivity contribution in [3.8, 4) is 5.75 Å². The first kappa shape index (κ1) is 23.7. The number of amides is 1. The van der Waals surface area contributed by atoms with Crippen LogP contribution >= 0.6 is 11.3 Å². The van der Waals surface area contributed by atoms with Crippen molar-refractivity contribution in [2.45, 2.75) is 17.9 Å². The monoisotopic (exact) mass is 470 g/mol. The minimum Gasteiger partial charge on any atom is -0.497 e. The van der Waals surface area contributed by atoms with Crippen LogP contribution in [0.15, 0.2) is 83.6 Å². The third-order valence-electron chi connectivity index (χ3n) is 4.82. The number of ether oxygens (including phenoxy) is 1. The quantitative estimate of drug-likeness (QED) is 0.428. The van der Waals surface area contributed by atoms with Gasteiger partial charge in [0.05, 0.1) is 12.0 Å². The second kappa shape index (κ2) is 11.1. The maximum atomic E-state index is 13.0. The molecule has 3 aromatic rings. The molecule has 1 N–H and O–H groups in total. The Balaban J connectivity index is 1.66. The molecule has 0 saturated carbocycles. The standard InChI is InChI=1S/C24H26N2O4S2/c1-3-16-26(18-19-6-10-21(30-2)11-7-19)24(27)20-8-12-23(13-9-20)32(28,29)25-15-14-22-5-4-17-31-22/h3-13,17,25H,1,14-16,18H2,2H3. The predicted octanol–water partition coefficient (Wildman–Crippen LogP) is 4.11. The molecule has 1 heterocycles. The van der Waals surface area contributed by atoms with Crippen LogP contribution in [-0.2, 0) is 23.0 Å². The van der Waals surface area contributed by atoms with Crippen molar-refractivity contribution < 1.29 is 17.9 Å². The SMILES string of the molecule is C=CCN(Cc1ccc(OC)cc1)C(=O)c1ccc(S(=O)(=O)NCCc2cccs2)cc1. The Kier molecular flexibility index (Phi) is 8.21. The van der Waals surface area contributed by atoms with Gasteiger partial charge >= 0.3 is 0 Å². The molecule has 0 fully saturated rings. The first-order valence-corrected chi connectivity index (χ1v) is 12.4. The van der Waals surface area contributed by atoms with Gasteiger partial charge in [0.15, 0.2) is 0 Å². The highest BCUT2D eigenvalue weighted by Gasteiger charge is 2.18. The van der Waals surface area contributed by atoms with Crippen molar-refractivity contribution in [2.75, 3.05) is 20.2 Å². The van der Waals surface area contributed by atoms with Gasteiger partial charge in [-0.25, -0.2) is 13.1 Å². The van der Waals surface area contributed by atoms with Gasteiger partial charge in [0.1, 0.15) is 5.75 Å². The molecular weight excluding hydrogens is 444 g/mol. The van der Waals surface area contributed by atoms with E-state index in [0.717, 1.165) is 16.2 Å². The molecule has 0 aliphatic rings. The third kappa shape index (κ3) is 6.29. The Morgan fingerprint density at radius 2 is 1.84 bits per heavy atom. The van der Waals surface area contributed by atoms with E-state index >= 15 is 0 Å². The summed E-state index contributed by atoms with van der Waals surface area (Å²) in [4.78, 5) is 15.9. The van der Waals surface area contributed by atoms with E-state index in [-0.39, 0.29) is 10.8 Å². The van der Waals surface area contributed by atoms with Crippen molar-refractivity contribution in [2.24, 2.45) is 0 Å². The number of thiophene rings is 1. The summed E-state index contributed by atoms with van der Waals surface area (Å²) in [7, 11) is -2.04. The van der Waals surface area contributed by atoms with Gasteiger partial charge in [-0.1, -0.05) is 24.3 Å². The number of rotatable bonds is 11. The molecule has 8 heteroatoms. The number of hydrogen-bond donors (Lipinski definition) is 1. The van der Waals surface area contributed by atoms with Gasteiger partial charge in [-0.2, -0.15) is 0 Å². The number of methoxy groups -OCH3 is 1. The van der Waals surface area contributed by atoms with Crippen LogP contribution in [0.1, 0.15) is 20.8 Å². The van der Waals surface area contributed by atoms with Crippen molar-refractivity contribution in [3.63, 3.8) is 0 Å². The summed E-state index contributed by atoms with van der Waals surface area (Å²) in [6.07, 6.45) is 2.30. The normalized spacial score (nSPS) is 11.2. The van der Waals surface area contributed by atoms with E-state index in [2.05, 4.69) is 11.3 Å². The summed E-state index contributed by atoms with van der Waals surface area (Å²) in [6, 6.07) is 17.4. The largest absolute Gasteiger partial charge is 0.497 e. The van der Waals surface area contributed by atoms with Gasteiger partial charge in [-0.3, -0.25) is 4.79 Å². The van der Waals surface area contributed by atoms with Crippen LogP contribution in [0.5, 0.6) is 5.75 Å². The molecule has 0 aliphatic heterocycles. The smallest absolute Gasteiger partial charge is 0.254 e. The Bertz CT molecular complexity index is 1120. The molecule has 0 saturated heterocycles. The fourth-order valence-corrected chi connectivity index (χ4v) is 4.87. The topological polar surface area (TPSA) is 75.7 Å². The van der Waals surface area contributed by atoms with Gasteiger partial charge in [0, 0.05) is 30.1 Å². The van der Waals surface area contributed by atoms with Gasteiger partial charge < -0.3 is 9.64 Å². The molecule has 0 atom stereocenters. The van der Waals surface area contributed by atoms with Crippen molar-refractivity contribution >= 4 is 27.3 Å². The van der Waals surface area contributed by atoms with Crippen molar-refractivity contribution in [1.29, 1.82) is 0 Å². The molecule has 1 aromatic heterocycles. The number of sulfonamides is 1. The Morgan fingerprint density at radius 3 is 2.44 bits per heavy atom. The molecule has 3 rings (SSSR count). The molecule has 168 valence electrons. The second-order valence-corrected chi connectivity index (χ2v) is 9.87. The molecule has 0 aliphatic carbocycles. The molecule has 2 aromatic carbocycles. The van der Waals surface area contributed by atoms with E-state index in [0.29, 0.717) is 31.6 Å². The number of benzene rings is 2. The minimum atomic E-state index is -3.64. The van der Waals surface area contributed by atoms with E-state index in [1.165, 1.54) is 12.1 Å². The molecule has 0 bridgehead atoms. The summed E-state index contributed by atoms with van der Waals surface area (Å²) in [6.45, 7) is 4.83. The van der Waals surface area contributed by atoms with Crippen LogP contribution in [0.3, 0.4) is 0 Å². The summed E-state index contributed by atoms with van der Waals surface area (Å²) in [5, 5.41) is 1.96. The molecule has 1 amide bonds. The highest BCUT2D eigenvalue weighted by molar-refractivity contribution is 7.89. The fraction of sp³-hybridized carbons (Fsp3) is 0.208. The maximum Gasteiger partial charge on any atom is 0.254 e. The number of hydrogen-bond acceptors (Lipinski definition) is 5. The molecular formula is C24H26N2O4S2. The van der Waals surface area contributed by atoms with E-state index in [1.54, 1.807) is 41.6 Å². The summed E-state index contributed by atoms with van der Waals surface area (Å²) in [5.41, 5.74) is 1.37. The van der Waals surface area contributed by atoms with E-state index < -0.39 is 10.0 Å².